The monoisotopic (exact) mass is 425 g/mol. The van der Waals surface area contributed by atoms with Gasteiger partial charge in [0.05, 0.1) is 18.8 Å². The average molecular weight is 426 g/mol. The quantitative estimate of drug-likeness (QED) is 0.762. The van der Waals surface area contributed by atoms with E-state index < -0.39 is 12.2 Å². The van der Waals surface area contributed by atoms with E-state index in [0.717, 1.165) is 25.2 Å². The molecule has 6 nitrogen and oxygen atoms in total. The molecular weight excluding hydrogens is 397 g/mol. The number of hydrogen-bond donors (Lipinski definition) is 1. The lowest BCUT2D eigenvalue weighted by Crippen LogP contribution is -2.33. The number of carbonyl (C=O) groups excluding carboxylic acids is 2. The van der Waals surface area contributed by atoms with Crippen LogP contribution in [0.5, 0.6) is 0 Å². The van der Waals surface area contributed by atoms with Crippen molar-refractivity contribution in [3.8, 4) is 11.1 Å². The lowest BCUT2D eigenvalue weighted by Gasteiger charge is -2.26. The van der Waals surface area contributed by atoms with Crippen molar-refractivity contribution in [3.63, 3.8) is 0 Å². The molecule has 2 amide bonds. The van der Waals surface area contributed by atoms with Gasteiger partial charge in [0, 0.05) is 19.0 Å². The molecule has 0 bridgehead atoms. The van der Waals surface area contributed by atoms with Crippen LogP contribution in [0, 0.1) is 5.82 Å². The van der Waals surface area contributed by atoms with Crippen molar-refractivity contribution in [1.29, 1.82) is 0 Å². The maximum atomic E-state index is 14.9. The van der Waals surface area contributed by atoms with Crippen LogP contribution in [0.15, 0.2) is 42.5 Å². The van der Waals surface area contributed by atoms with E-state index in [9.17, 15) is 14.0 Å². The van der Waals surface area contributed by atoms with E-state index in [1.807, 2.05) is 12.1 Å². The largest absolute Gasteiger partial charge is 0.442 e. The zero-order chi connectivity index (χ0) is 21.8. The van der Waals surface area contributed by atoms with Gasteiger partial charge in [-0.2, -0.15) is 0 Å². The number of hydrogen-bond acceptors (Lipinski definition) is 4. The molecule has 164 valence electrons. The Bertz CT molecular complexity index is 942. The average Bonchev–Trinajstić information content (AvgIpc) is 3.14. The van der Waals surface area contributed by atoms with E-state index in [-0.39, 0.29) is 24.8 Å². The minimum absolute atomic E-state index is 0.188. The number of benzene rings is 2. The van der Waals surface area contributed by atoms with Crippen molar-refractivity contribution < 1.29 is 18.7 Å². The topological polar surface area (TPSA) is 61.9 Å². The van der Waals surface area contributed by atoms with Gasteiger partial charge >= 0.3 is 6.09 Å². The summed E-state index contributed by atoms with van der Waals surface area (Å²) >= 11 is 0. The summed E-state index contributed by atoms with van der Waals surface area (Å²) in [7, 11) is 0. The van der Waals surface area contributed by atoms with Crippen LogP contribution in [0.2, 0.25) is 0 Å². The summed E-state index contributed by atoms with van der Waals surface area (Å²) in [6, 6.07) is 12.8. The summed E-state index contributed by atoms with van der Waals surface area (Å²) < 4.78 is 20.2. The molecule has 2 aliphatic heterocycles. The van der Waals surface area contributed by atoms with Gasteiger partial charge < -0.3 is 10.1 Å². The van der Waals surface area contributed by atoms with Crippen LogP contribution in [0.3, 0.4) is 0 Å². The number of nitrogens with zero attached hydrogens (tertiary/aromatic N) is 2. The Morgan fingerprint density at radius 2 is 1.87 bits per heavy atom. The molecule has 0 spiro atoms. The SMILES string of the molecule is CC(=O)NC[C@H]1CN(c2ccc(-c3ccc(CN4CCCCC4)cc3)c(F)c2)C(=O)O1. The van der Waals surface area contributed by atoms with Gasteiger partial charge in [-0.15, -0.1) is 0 Å². The Morgan fingerprint density at radius 3 is 2.55 bits per heavy atom. The molecule has 2 aromatic carbocycles. The lowest BCUT2D eigenvalue weighted by molar-refractivity contribution is -0.119. The number of nitrogens with one attached hydrogen (secondary N) is 1. The van der Waals surface area contributed by atoms with Crippen molar-refractivity contribution in [1.82, 2.24) is 10.2 Å². The summed E-state index contributed by atoms with van der Waals surface area (Å²) in [5.74, 6) is -0.578. The minimum atomic E-state index is -0.537. The van der Waals surface area contributed by atoms with E-state index >= 15 is 0 Å². The third kappa shape index (κ3) is 5.22. The van der Waals surface area contributed by atoms with Gasteiger partial charge in [-0.05, 0) is 55.3 Å². The highest BCUT2D eigenvalue weighted by Gasteiger charge is 2.32. The predicted octanol–water partition coefficient (Wildman–Crippen LogP) is 3.94. The van der Waals surface area contributed by atoms with Gasteiger partial charge in [0.2, 0.25) is 5.91 Å². The molecule has 2 aliphatic rings. The molecule has 1 atom stereocenters. The number of anilines is 1. The smallest absolute Gasteiger partial charge is 0.414 e. The number of piperidine rings is 1. The van der Waals surface area contributed by atoms with Crippen molar-refractivity contribution >= 4 is 17.7 Å². The Kier molecular flexibility index (Phi) is 6.51. The molecule has 2 aromatic rings. The number of amides is 2. The Labute approximate surface area is 182 Å². The predicted molar refractivity (Wildman–Crippen MR) is 117 cm³/mol. The zero-order valence-electron chi connectivity index (χ0n) is 17.8. The molecular formula is C24H28FN3O3. The lowest BCUT2D eigenvalue weighted by atomic mass is 10.0. The fourth-order valence-electron chi connectivity index (χ4n) is 4.17. The Morgan fingerprint density at radius 1 is 1.13 bits per heavy atom. The first kappa shape index (κ1) is 21.3. The summed E-state index contributed by atoms with van der Waals surface area (Å²) in [6.45, 7) is 5.12. The fraction of sp³-hybridized carbons (Fsp3) is 0.417. The summed E-state index contributed by atoms with van der Waals surface area (Å²) in [5.41, 5.74) is 2.97. The number of likely N-dealkylation sites (tertiary alicyclic amines) is 1. The van der Waals surface area contributed by atoms with E-state index in [2.05, 4.69) is 22.3 Å². The second-order valence-electron chi connectivity index (χ2n) is 8.25. The molecule has 2 saturated heterocycles. The minimum Gasteiger partial charge on any atom is -0.442 e. The molecule has 31 heavy (non-hydrogen) atoms. The molecule has 0 aromatic heterocycles. The van der Waals surface area contributed by atoms with E-state index in [0.29, 0.717) is 11.3 Å². The van der Waals surface area contributed by atoms with Crippen molar-refractivity contribution in [3.05, 3.63) is 53.8 Å². The normalized spacial score (nSPS) is 19.4. The Hall–Kier alpha value is -2.93. The molecule has 4 rings (SSSR count). The second kappa shape index (κ2) is 9.47. The fourth-order valence-corrected chi connectivity index (χ4v) is 4.17. The summed E-state index contributed by atoms with van der Waals surface area (Å²) in [6.07, 6.45) is 2.84. The van der Waals surface area contributed by atoms with Gasteiger partial charge in [0.15, 0.2) is 0 Å². The van der Waals surface area contributed by atoms with Crippen LogP contribution in [-0.4, -0.2) is 49.2 Å². The van der Waals surface area contributed by atoms with E-state index in [4.69, 9.17) is 4.74 Å². The molecule has 1 N–H and O–H groups in total. The van der Waals surface area contributed by atoms with Crippen molar-refractivity contribution in [2.24, 2.45) is 0 Å². The highest BCUT2D eigenvalue weighted by Crippen LogP contribution is 2.29. The van der Waals surface area contributed by atoms with Gasteiger partial charge in [-0.3, -0.25) is 14.6 Å². The number of rotatable bonds is 6. The molecule has 0 unspecified atom stereocenters. The number of halogens is 1. The molecule has 0 radical (unpaired) electrons. The molecule has 0 aliphatic carbocycles. The second-order valence-corrected chi connectivity index (χ2v) is 8.25. The van der Waals surface area contributed by atoms with Crippen LogP contribution in [0.4, 0.5) is 14.9 Å². The highest BCUT2D eigenvalue weighted by atomic mass is 19.1. The molecule has 2 heterocycles. The van der Waals surface area contributed by atoms with Crippen LogP contribution in [0.1, 0.15) is 31.7 Å². The van der Waals surface area contributed by atoms with E-state index in [1.165, 1.54) is 42.7 Å². The summed E-state index contributed by atoms with van der Waals surface area (Å²) in [4.78, 5) is 27.1. The van der Waals surface area contributed by atoms with Gasteiger partial charge in [-0.1, -0.05) is 30.7 Å². The van der Waals surface area contributed by atoms with E-state index in [1.54, 1.807) is 12.1 Å². The summed E-state index contributed by atoms with van der Waals surface area (Å²) in [5, 5.41) is 2.63. The number of ether oxygens (including phenoxy) is 1. The first-order chi connectivity index (χ1) is 15.0. The first-order valence-electron chi connectivity index (χ1n) is 10.8. The van der Waals surface area contributed by atoms with Crippen LogP contribution < -0.4 is 10.2 Å². The molecule has 7 heteroatoms. The number of carbonyl (C=O) groups is 2. The standard InChI is InChI=1S/C24H28FN3O3/c1-17(29)26-14-21-16-28(24(30)31-21)20-9-10-22(23(25)13-20)19-7-5-18(6-8-19)15-27-11-3-2-4-12-27/h5-10,13,21H,2-4,11-12,14-16H2,1H3,(H,26,29)/t21-/m0/s1. The first-order valence-corrected chi connectivity index (χ1v) is 10.8. The maximum absolute atomic E-state index is 14.9. The number of cyclic esters (lactones) is 1. The van der Waals surface area contributed by atoms with Crippen molar-refractivity contribution in [2.75, 3.05) is 31.1 Å². The van der Waals surface area contributed by atoms with Crippen molar-refractivity contribution in [2.45, 2.75) is 38.8 Å². The van der Waals surface area contributed by atoms with Gasteiger partial charge in [0.25, 0.3) is 0 Å². The third-order valence-corrected chi connectivity index (χ3v) is 5.84. The van der Waals surface area contributed by atoms with Gasteiger partial charge in [0.1, 0.15) is 11.9 Å². The van der Waals surface area contributed by atoms with Crippen LogP contribution in [0.25, 0.3) is 11.1 Å². The van der Waals surface area contributed by atoms with Gasteiger partial charge in [-0.25, -0.2) is 9.18 Å². The Balaban J connectivity index is 1.42. The van der Waals surface area contributed by atoms with Crippen LogP contribution >= 0.6 is 0 Å². The van der Waals surface area contributed by atoms with Crippen LogP contribution in [-0.2, 0) is 16.1 Å². The third-order valence-electron chi connectivity index (χ3n) is 5.84. The zero-order valence-corrected chi connectivity index (χ0v) is 17.8. The molecule has 0 saturated carbocycles. The highest BCUT2D eigenvalue weighted by molar-refractivity contribution is 5.90. The maximum Gasteiger partial charge on any atom is 0.414 e. The molecule has 2 fully saturated rings.